The Balaban J connectivity index is 1.98. The molecule has 0 unspecified atom stereocenters. The summed E-state index contributed by atoms with van der Waals surface area (Å²) < 4.78 is 13.3. The monoisotopic (exact) mass is 255 g/mol. The summed E-state index contributed by atoms with van der Waals surface area (Å²) in [6.07, 6.45) is 2.80. The molecule has 0 aromatic heterocycles. The average molecular weight is 256 g/mol. The molecule has 1 fully saturated rings. The average Bonchev–Trinajstić information content (AvgIpc) is 2.36. The molecule has 0 spiro atoms. The Labute approximate surface area is 105 Å². The summed E-state index contributed by atoms with van der Waals surface area (Å²) in [5, 5.41) is 0.213. The highest BCUT2D eigenvalue weighted by molar-refractivity contribution is 6.31. The first kappa shape index (κ1) is 12.5. The van der Waals surface area contributed by atoms with Crippen LogP contribution < -0.4 is 0 Å². The zero-order chi connectivity index (χ0) is 12.3. The van der Waals surface area contributed by atoms with Crippen LogP contribution in [0.5, 0.6) is 0 Å². The third-order valence-electron chi connectivity index (χ3n) is 3.25. The van der Waals surface area contributed by atoms with Gasteiger partial charge in [-0.1, -0.05) is 23.7 Å². The second-order valence-corrected chi connectivity index (χ2v) is 4.84. The molecule has 0 aliphatic carbocycles. The van der Waals surface area contributed by atoms with Crippen LogP contribution in [0, 0.1) is 11.7 Å². The molecule has 1 saturated heterocycles. The Morgan fingerprint density at radius 1 is 1.41 bits per heavy atom. The van der Waals surface area contributed by atoms with Gasteiger partial charge in [0.25, 0.3) is 0 Å². The first-order chi connectivity index (χ1) is 8.20. The van der Waals surface area contributed by atoms with E-state index in [1.54, 1.807) is 6.07 Å². The largest absolute Gasteiger partial charge is 0.303 e. The first-order valence-corrected chi connectivity index (χ1v) is 6.19. The summed E-state index contributed by atoms with van der Waals surface area (Å²) >= 11 is 5.91. The van der Waals surface area contributed by atoms with Crippen LogP contribution in [0.15, 0.2) is 18.2 Å². The third-order valence-corrected chi connectivity index (χ3v) is 3.67. The number of nitrogens with zero attached hydrogens (tertiary/aromatic N) is 1. The van der Waals surface area contributed by atoms with Gasteiger partial charge in [-0.2, -0.15) is 0 Å². The van der Waals surface area contributed by atoms with Crippen molar-refractivity contribution in [1.82, 2.24) is 4.90 Å². The van der Waals surface area contributed by atoms with E-state index in [1.165, 1.54) is 6.07 Å². The number of aldehydes is 1. The second kappa shape index (κ2) is 5.61. The minimum atomic E-state index is -0.369. The SMILES string of the molecule is O=CC1CCN(Cc2cccc(F)c2Cl)CC1. The highest BCUT2D eigenvalue weighted by Gasteiger charge is 2.19. The lowest BCUT2D eigenvalue weighted by atomic mass is 9.98. The van der Waals surface area contributed by atoms with E-state index in [2.05, 4.69) is 4.90 Å². The molecule has 0 amide bonds. The van der Waals surface area contributed by atoms with Crippen molar-refractivity contribution < 1.29 is 9.18 Å². The normalized spacial score (nSPS) is 18.2. The molecule has 2 rings (SSSR count). The first-order valence-electron chi connectivity index (χ1n) is 5.81. The number of carbonyl (C=O) groups excluding carboxylic acids is 1. The Morgan fingerprint density at radius 3 is 2.76 bits per heavy atom. The van der Waals surface area contributed by atoms with Crippen LogP contribution in [0.3, 0.4) is 0 Å². The van der Waals surface area contributed by atoms with Crippen LogP contribution in [-0.4, -0.2) is 24.3 Å². The number of halogens is 2. The van der Waals surface area contributed by atoms with E-state index in [0.717, 1.165) is 37.8 Å². The zero-order valence-electron chi connectivity index (χ0n) is 9.53. The Bertz CT molecular complexity index is 402. The van der Waals surface area contributed by atoms with E-state index in [1.807, 2.05) is 6.07 Å². The lowest BCUT2D eigenvalue weighted by Crippen LogP contribution is -2.33. The van der Waals surface area contributed by atoms with E-state index in [4.69, 9.17) is 11.6 Å². The summed E-state index contributed by atoms with van der Waals surface area (Å²) in [7, 11) is 0. The van der Waals surface area contributed by atoms with Crippen LogP contribution in [0.25, 0.3) is 0 Å². The molecule has 1 aliphatic rings. The van der Waals surface area contributed by atoms with Crippen molar-refractivity contribution in [3.8, 4) is 0 Å². The molecule has 1 aromatic rings. The van der Waals surface area contributed by atoms with Gasteiger partial charge in [-0.05, 0) is 37.6 Å². The van der Waals surface area contributed by atoms with Crippen LogP contribution in [-0.2, 0) is 11.3 Å². The van der Waals surface area contributed by atoms with Gasteiger partial charge in [0.1, 0.15) is 12.1 Å². The molecule has 0 saturated carbocycles. The Hall–Kier alpha value is -0.930. The minimum Gasteiger partial charge on any atom is -0.303 e. The maximum Gasteiger partial charge on any atom is 0.142 e. The summed E-state index contributed by atoms with van der Waals surface area (Å²) in [5.74, 6) is -0.179. The van der Waals surface area contributed by atoms with Crippen molar-refractivity contribution in [3.05, 3.63) is 34.6 Å². The van der Waals surface area contributed by atoms with E-state index in [9.17, 15) is 9.18 Å². The summed E-state index contributed by atoms with van der Waals surface area (Å²) in [6.45, 7) is 2.40. The second-order valence-electron chi connectivity index (χ2n) is 4.46. The molecule has 0 atom stereocenters. The van der Waals surface area contributed by atoms with Crippen molar-refractivity contribution in [2.24, 2.45) is 5.92 Å². The minimum absolute atomic E-state index is 0.189. The van der Waals surface area contributed by atoms with E-state index < -0.39 is 0 Å². The molecular formula is C13H15ClFNO. The van der Waals surface area contributed by atoms with Gasteiger partial charge in [0.15, 0.2) is 0 Å². The molecule has 0 bridgehead atoms. The molecule has 2 nitrogen and oxygen atoms in total. The molecule has 0 N–H and O–H groups in total. The van der Waals surface area contributed by atoms with Gasteiger partial charge in [0, 0.05) is 12.5 Å². The topological polar surface area (TPSA) is 20.3 Å². The number of hydrogen-bond acceptors (Lipinski definition) is 2. The lowest BCUT2D eigenvalue weighted by molar-refractivity contribution is -0.112. The molecule has 92 valence electrons. The van der Waals surface area contributed by atoms with Gasteiger partial charge in [0.05, 0.1) is 5.02 Å². The quantitative estimate of drug-likeness (QED) is 0.774. The molecule has 1 aliphatic heterocycles. The number of hydrogen-bond donors (Lipinski definition) is 0. The highest BCUT2D eigenvalue weighted by Crippen LogP contribution is 2.23. The maximum atomic E-state index is 13.3. The van der Waals surface area contributed by atoms with Crippen molar-refractivity contribution in [3.63, 3.8) is 0 Å². The van der Waals surface area contributed by atoms with Crippen LogP contribution in [0.1, 0.15) is 18.4 Å². The van der Waals surface area contributed by atoms with E-state index in [0.29, 0.717) is 6.54 Å². The smallest absolute Gasteiger partial charge is 0.142 e. The fraction of sp³-hybridized carbons (Fsp3) is 0.462. The zero-order valence-corrected chi connectivity index (χ0v) is 10.3. The molecule has 17 heavy (non-hydrogen) atoms. The van der Waals surface area contributed by atoms with Crippen LogP contribution in [0.2, 0.25) is 5.02 Å². The van der Waals surface area contributed by atoms with Gasteiger partial charge in [-0.3, -0.25) is 4.90 Å². The molecule has 4 heteroatoms. The van der Waals surface area contributed by atoms with Crippen LogP contribution >= 0.6 is 11.6 Å². The maximum absolute atomic E-state index is 13.3. The number of carbonyl (C=O) groups is 1. The lowest BCUT2D eigenvalue weighted by Gasteiger charge is -2.29. The predicted molar refractivity (Wildman–Crippen MR) is 65.5 cm³/mol. The number of likely N-dealkylation sites (tertiary alicyclic amines) is 1. The Kier molecular flexibility index (Phi) is 4.13. The van der Waals surface area contributed by atoms with Gasteiger partial charge in [-0.15, -0.1) is 0 Å². The van der Waals surface area contributed by atoms with E-state index >= 15 is 0 Å². The van der Waals surface area contributed by atoms with Crippen molar-refractivity contribution in [2.45, 2.75) is 19.4 Å². The highest BCUT2D eigenvalue weighted by atomic mass is 35.5. The van der Waals surface area contributed by atoms with Crippen molar-refractivity contribution >= 4 is 17.9 Å². The van der Waals surface area contributed by atoms with Crippen LogP contribution in [0.4, 0.5) is 4.39 Å². The number of rotatable bonds is 3. The van der Waals surface area contributed by atoms with E-state index in [-0.39, 0.29) is 16.8 Å². The molecular weight excluding hydrogens is 241 g/mol. The van der Waals surface area contributed by atoms with Gasteiger partial charge >= 0.3 is 0 Å². The molecule has 1 aromatic carbocycles. The summed E-state index contributed by atoms with van der Waals surface area (Å²) in [4.78, 5) is 12.8. The number of piperidine rings is 1. The Morgan fingerprint density at radius 2 is 2.12 bits per heavy atom. The number of benzene rings is 1. The summed E-state index contributed by atoms with van der Waals surface area (Å²) in [6, 6.07) is 4.89. The third kappa shape index (κ3) is 3.05. The van der Waals surface area contributed by atoms with Crippen molar-refractivity contribution in [2.75, 3.05) is 13.1 Å². The van der Waals surface area contributed by atoms with Gasteiger partial charge < -0.3 is 4.79 Å². The fourth-order valence-electron chi connectivity index (χ4n) is 2.16. The predicted octanol–water partition coefficient (Wildman–Crippen LogP) is 2.89. The molecule has 1 heterocycles. The van der Waals surface area contributed by atoms with Crippen molar-refractivity contribution in [1.29, 1.82) is 0 Å². The van der Waals surface area contributed by atoms with Gasteiger partial charge in [-0.25, -0.2) is 4.39 Å². The standard InChI is InChI=1S/C13H15ClFNO/c14-13-11(2-1-3-12(13)15)8-16-6-4-10(9-17)5-7-16/h1-3,9-10H,4-8H2. The molecule has 0 radical (unpaired) electrons. The fourth-order valence-corrected chi connectivity index (χ4v) is 2.34. The summed E-state index contributed by atoms with van der Waals surface area (Å²) in [5.41, 5.74) is 0.816. The van der Waals surface area contributed by atoms with Gasteiger partial charge in [0.2, 0.25) is 0 Å².